The summed E-state index contributed by atoms with van der Waals surface area (Å²) in [5.74, 6) is 0. The molecule has 27 heavy (non-hydrogen) atoms. The number of H-pyrrole nitrogens is 1. The van der Waals surface area contributed by atoms with Gasteiger partial charge in [0.1, 0.15) is 12.4 Å². The predicted molar refractivity (Wildman–Crippen MR) is 112 cm³/mol. The third kappa shape index (κ3) is 3.75. The van der Waals surface area contributed by atoms with Crippen molar-refractivity contribution in [3.63, 3.8) is 0 Å². The lowest BCUT2D eigenvalue weighted by Crippen LogP contribution is -2.22. The standard InChI is InChI=1S/C20H30N4O2Si/c1-27(2,3)12-11-26-14-23-10-9-16-18-17(13-21-19(16)23)20(25)22-24(18)15-7-5-4-6-8-15/h9-10,13,15H,4-8,11-12,14H2,1-3H3,(H,22,25). The van der Waals surface area contributed by atoms with E-state index < -0.39 is 8.07 Å². The van der Waals surface area contributed by atoms with Crippen LogP contribution in [-0.4, -0.2) is 34.0 Å². The molecule has 3 aromatic heterocycles. The van der Waals surface area contributed by atoms with E-state index in [1.807, 2.05) is 10.8 Å². The van der Waals surface area contributed by atoms with Crippen molar-refractivity contribution < 1.29 is 4.74 Å². The average molecular weight is 387 g/mol. The molecule has 1 aliphatic rings. The number of hydrogen-bond acceptors (Lipinski definition) is 3. The van der Waals surface area contributed by atoms with E-state index in [-0.39, 0.29) is 5.56 Å². The van der Waals surface area contributed by atoms with Crippen LogP contribution < -0.4 is 5.56 Å². The Labute approximate surface area is 160 Å². The third-order valence-corrected chi connectivity index (χ3v) is 7.34. The molecule has 0 atom stereocenters. The van der Waals surface area contributed by atoms with Crippen molar-refractivity contribution in [3.05, 3.63) is 28.8 Å². The fraction of sp³-hybridized carbons (Fsp3) is 0.600. The summed E-state index contributed by atoms with van der Waals surface area (Å²) < 4.78 is 10.1. The van der Waals surface area contributed by atoms with Crippen LogP contribution in [0.1, 0.15) is 38.1 Å². The smallest absolute Gasteiger partial charge is 0.273 e. The molecule has 7 heteroatoms. The lowest BCUT2D eigenvalue weighted by Gasteiger charge is -2.23. The zero-order chi connectivity index (χ0) is 19.0. The lowest BCUT2D eigenvalue weighted by molar-refractivity contribution is 0.0899. The van der Waals surface area contributed by atoms with E-state index in [2.05, 4.69) is 40.5 Å². The predicted octanol–water partition coefficient (Wildman–Crippen LogP) is 4.50. The van der Waals surface area contributed by atoms with Gasteiger partial charge in [0.15, 0.2) is 0 Å². The van der Waals surface area contributed by atoms with Crippen molar-refractivity contribution in [1.82, 2.24) is 19.3 Å². The topological polar surface area (TPSA) is 64.8 Å². The van der Waals surface area contributed by atoms with Crippen LogP contribution in [0.5, 0.6) is 0 Å². The molecule has 146 valence electrons. The van der Waals surface area contributed by atoms with E-state index in [4.69, 9.17) is 4.74 Å². The van der Waals surface area contributed by atoms with Gasteiger partial charge in [-0.2, -0.15) is 0 Å². The van der Waals surface area contributed by atoms with Crippen molar-refractivity contribution >= 4 is 30.0 Å². The van der Waals surface area contributed by atoms with Crippen molar-refractivity contribution in [3.8, 4) is 0 Å². The van der Waals surface area contributed by atoms with Crippen LogP contribution in [0.15, 0.2) is 23.3 Å². The molecule has 0 spiro atoms. The molecule has 0 amide bonds. The molecule has 1 N–H and O–H groups in total. The zero-order valence-electron chi connectivity index (χ0n) is 16.6. The van der Waals surface area contributed by atoms with Crippen LogP contribution in [0.2, 0.25) is 25.7 Å². The van der Waals surface area contributed by atoms with Gasteiger partial charge in [0, 0.05) is 32.5 Å². The molecule has 1 saturated carbocycles. The minimum Gasteiger partial charge on any atom is -0.361 e. The summed E-state index contributed by atoms with van der Waals surface area (Å²) in [5.41, 5.74) is 1.85. The number of rotatable bonds is 6. The summed E-state index contributed by atoms with van der Waals surface area (Å²) in [6.45, 7) is 8.36. The summed E-state index contributed by atoms with van der Waals surface area (Å²) in [6, 6.07) is 3.60. The van der Waals surface area contributed by atoms with Crippen LogP contribution in [-0.2, 0) is 11.5 Å². The molecular weight excluding hydrogens is 356 g/mol. The molecule has 0 aliphatic heterocycles. The Morgan fingerprint density at radius 2 is 2.00 bits per heavy atom. The highest BCUT2D eigenvalue weighted by atomic mass is 28.3. The van der Waals surface area contributed by atoms with Gasteiger partial charge in [-0.05, 0) is 25.0 Å². The zero-order valence-corrected chi connectivity index (χ0v) is 17.6. The number of aromatic amines is 1. The molecule has 1 aliphatic carbocycles. The molecule has 0 aromatic carbocycles. The maximum atomic E-state index is 12.5. The van der Waals surface area contributed by atoms with Gasteiger partial charge in [-0.15, -0.1) is 0 Å². The van der Waals surface area contributed by atoms with Crippen molar-refractivity contribution in [2.75, 3.05) is 6.61 Å². The van der Waals surface area contributed by atoms with Crippen molar-refractivity contribution in [2.24, 2.45) is 0 Å². The maximum Gasteiger partial charge on any atom is 0.273 e. The minimum atomic E-state index is -1.09. The molecule has 3 heterocycles. The average Bonchev–Trinajstić information content (AvgIpc) is 3.20. The SMILES string of the molecule is C[Si](C)(C)CCOCn1ccc2c1ncc1c(=O)[nH]n(C3CCCCC3)c12. The summed E-state index contributed by atoms with van der Waals surface area (Å²) >= 11 is 0. The van der Waals surface area contributed by atoms with Crippen LogP contribution >= 0.6 is 0 Å². The number of nitrogens with one attached hydrogen (secondary N) is 1. The highest BCUT2D eigenvalue weighted by Gasteiger charge is 2.21. The maximum absolute atomic E-state index is 12.5. The fourth-order valence-corrected chi connectivity index (χ4v) is 4.79. The summed E-state index contributed by atoms with van der Waals surface area (Å²) in [5, 5.41) is 4.80. The molecule has 3 aromatic rings. The lowest BCUT2D eigenvalue weighted by atomic mass is 9.95. The first kappa shape index (κ1) is 18.5. The number of ether oxygens (including phenoxy) is 1. The first-order valence-corrected chi connectivity index (χ1v) is 13.8. The highest BCUT2D eigenvalue weighted by Crippen LogP contribution is 2.32. The van der Waals surface area contributed by atoms with E-state index >= 15 is 0 Å². The van der Waals surface area contributed by atoms with Crippen LogP contribution in [0, 0.1) is 0 Å². The Balaban J connectivity index is 1.65. The molecular formula is C20H30N4O2Si. The normalized spacial score (nSPS) is 16.6. The first-order valence-electron chi connectivity index (χ1n) is 10.1. The van der Waals surface area contributed by atoms with Crippen LogP contribution in [0.25, 0.3) is 21.9 Å². The van der Waals surface area contributed by atoms with Crippen LogP contribution in [0.3, 0.4) is 0 Å². The summed E-state index contributed by atoms with van der Waals surface area (Å²) in [7, 11) is -1.09. The van der Waals surface area contributed by atoms with E-state index in [1.54, 1.807) is 6.20 Å². The number of hydrogen-bond donors (Lipinski definition) is 1. The van der Waals surface area contributed by atoms with Gasteiger partial charge in [-0.3, -0.25) is 14.6 Å². The number of nitrogens with zero attached hydrogens (tertiary/aromatic N) is 3. The Bertz CT molecular complexity index is 989. The van der Waals surface area contributed by atoms with E-state index in [0.29, 0.717) is 18.2 Å². The molecule has 4 rings (SSSR count). The largest absolute Gasteiger partial charge is 0.361 e. The van der Waals surface area contributed by atoms with Gasteiger partial charge in [-0.25, -0.2) is 4.98 Å². The Hall–Kier alpha value is -1.86. The monoisotopic (exact) mass is 386 g/mol. The Morgan fingerprint density at radius 3 is 2.74 bits per heavy atom. The molecule has 0 unspecified atom stereocenters. The van der Waals surface area contributed by atoms with E-state index in [0.717, 1.165) is 42.0 Å². The van der Waals surface area contributed by atoms with Gasteiger partial charge in [0.05, 0.1) is 16.9 Å². The van der Waals surface area contributed by atoms with E-state index in [1.165, 1.54) is 19.3 Å². The quantitative estimate of drug-likeness (QED) is 0.501. The minimum absolute atomic E-state index is 0.0379. The second-order valence-electron chi connectivity index (χ2n) is 8.99. The van der Waals surface area contributed by atoms with Gasteiger partial charge < -0.3 is 9.30 Å². The van der Waals surface area contributed by atoms with E-state index in [9.17, 15) is 4.79 Å². The van der Waals surface area contributed by atoms with Gasteiger partial charge in [0.25, 0.3) is 5.56 Å². The van der Waals surface area contributed by atoms with Gasteiger partial charge in [-0.1, -0.05) is 38.9 Å². The molecule has 0 bridgehead atoms. The number of fused-ring (bicyclic) bond motifs is 3. The summed E-state index contributed by atoms with van der Waals surface area (Å²) in [6.07, 6.45) is 9.75. The first-order chi connectivity index (χ1) is 12.9. The Kier molecular flexibility index (Phi) is 4.99. The Morgan fingerprint density at radius 1 is 1.22 bits per heavy atom. The van der Waals surface area contributed by atoms with Crippen molar-refractivity contribution in [2.45, 2.75) is 70.6 Å². The number of pyridine rings is 1. The summed E-state index contributed by atoms with van der Waals surface area (Å²) in [4.78, 5) is 17.0. The van der Waals surface area contributed by atoms with Gasteiger partial charge in [0.2, 0.25) is 0 Å². The highest BCUT2D eigenvalue weighted by molar-refractivity contribution is 6.76. The fourth-order valence-electron chi connectivity index (χ4n) is 4.03. The van der Waals surface area contributed by atoms with Crippen molar-refractivity contribution in [1.29, 1.82) is 0 Å². The molecule has 1 fully saturated rings. The molecule has 0 saturated heterocycles. The third-order valence-electron chi connectivity index (χ3n) is 5.63. The molecule has 0 radical (unpaired) electrons. The molecule has 6 nitrogen and oxygen atoms in total. The number of aromatic nitrogens is 4. The second kappa shape index (κ2) is 7.28. The second-order valence-corrected chi connectivity index (χ2v) is 14.6. The van der Waals surface area contributed by atoms with Gasteiger partial charge >= 0.3 is 0 Å². The van der Waals surface area contributed by atoms with Crippen LogP contribution in [0.4, 0.5) is 0 Å².